The Bertz CT molecular complexity index is 456. The lowest BCUT2D eigenvalue weighted by Gasteiger charge is -2.26. The first-order valence-corrected chi connectivity index (χ1v) is 8.69. The number of allylic oxidation sites excluding steroid dienone is 7. The third-order valence-electron chi connectivity index (χ3n) is 4.42. The van der Waals surface area contributed by atoms with Gasteiger partial charge in [0, 0.05) is 6.42 Å². The highest BCUT2D eigenvalue weighted by Gasteiger charge is 2.21. The Kier molecular flexibility index (Phi) is 6.35. The molecule has 1 nitrogen and oxygen atoms in total. The van der Waals surface area contributed by atoms with E-state index in [2.05, 4.69) is 45.1 Å². The first-order chi connectivity index (χ1) is 10.2. The average molecular weight is 286 g/mol. The molecular weight excluding hydrogens is 256 g/mol. The second kappa shape index (κ2) is 8.26. The lowest BCUT2D eigenvalue weighted by Crippen LogP contribution is -2.11. The molecule has 0 saturated carbocycles. The summed E-state index contributed by atoms with van der Waals surface area (Å²) in [6.45, 7) is 6.76. The second-order valence-electron chi connectivity index (χ2n) is 6.33. The molecule has 2 rings (SSSR count). The normalized spacial score (nSPS) is 18.9. The van der Waals surface area contributed by atoms with Gasteiger partial charge in [0.05, 0.1) is 0 Å². The molecule has 116 valence electrons. The Morgan fingerprint density at radius 3 is 2.33 bits per heavy atom. The van der Waals surface area contributed by atoms with Gasteiger partial charge in [-0.1, -0.05) is 44.4 Å². The van der Waals surface area contributed by atoms with E-state index in [-0.39, 0.29) is 0 Å². The third kappa shape index (κ3) is 4.62. The van der Waals surface area contributed by atoms with Crippen LogP contribution in [0.5, 0.6) is 0 Å². The van der Waals surface area contributed by atoms with Gasteiger partial charge in [0.25, 0.3) is 0 Å². The van der Waals surface area contributed by atoms with Crippen molar-refractivity contribution in [3.8, 4) is 0 Å². The number of rotatable bonds is 7. The van der Waals surface area contributed by atoms with Crippen LogP contribution in [0.25, 0.3) is 0 Å². The molecule has 0 spiro atoms. The fraction of sp³-hybridized carbons (Fsp3) is 0.600. The summed E-state index contributed by atoms with van der Waals surface area (Å²) in [6, 6.07) is 0. The van der Waals surface area contributed by atoms with Crippen molar-refractivity contribution in [2.45, 2.75) is 72.1 Å². The highest BCUT2D eigenvalue weighted by atomic mass is 16.5. The topological polar surface area (TPSA) is 9.23 Å². The summed E-state index contributed by atoms with van der Waals surface area (Å²) in [5.41, 5.74) is 2.92. The number of hydrogen-bond acceptors (Lipinski definition) is 1. The maximum Gasteiger partial charge on any atom is 0.126 e. The maximum atomic E-state index is 6.28. The van der Waals surface area contributed by atoms with Gasteiger partial charge in [-0.15, -0.1) is 0 Å². The zero-order valence-corrected chi connectivity index (χ0v) is 14.0. The lowest BCUT2D eigenvalue weighted by atomic mass is 9.86. The van der Waals surface area contributed by atoms with E-state index in [0.717, 1.165) is 30.8 Å². The summed E-state index contributed by atoms with van der Waals surface area (Å²) in [4.78, 5) is 0. The molecule has 0 unspecified atom stereocenters. The summed E-state index contributed by atoms with van der Waals surface area (Å²) >= 11 is 0. The van der Waals surface area contributed by atoms with Gasteiger partial charge < -0.3 is 4.74 Å². The van der Waals surface area contributed by atoms with E-state index in [1.807, 2.05) is 0 Å². The molecule has 0 saturated heterocycles. The third-order valence-corrected chi connectivity index (χ3v) is 4.42. The minimum atomic E-state index is 0.674. The highest BCUT2D eigenvalue weighted by molar-refractivity contribution is 5.33. The molecule has 0 N–H and O–H groups in total. The van der Waals surface area contributed by atoms with E-state index in [1.165, 1.54) is 43.3 Å². The fourth-order valence-electron chi connectivity index (χ4n) is 3.24. The molecule has 0 bridgehead atoms. The predicted molar refractivity (Wildman–Crippen MR) is 90.9 cm³/mol. The van der Waals surface area contributed by atoms with E-state index in [1.54, 1.807) is 0 Å². The molecule has 1 heteroatoms. The minimum Gasteiger partial charge on any atom is -0.462 e. The maximum absolute atomic E-state index is 6.28. The Labute approximate surface area is 130 Å². The summed E-state index contributed by atoms with van der Waals surface area (Å²) < 4.78 is 6.28. The van der Waals surface area contributed by atoms with Crippen LogP contribution in [0.4, 0.5) is 0 Å². The molecule has 0 amide bonds. The van der Waals surface area contributed by atoms with Crippen molar-refractivity contribution in [2.75, 3.05) is 0 Å². The van der Waals surface area contributed by atoms with Crippen LogP contribution in [0.15, 0.2) is 47.0 Å². The molecule has 0 fully saturated rings. The monoisotopic (exact) mass is 286 g/mol. The van der Waals surface area contributed by atoms with Crippen molar-refractivity contribution in [3.05, 3.63) is 47.0 Å². The molecular formula is C20H30O. The van der Waals surface area contributed by atoms with Gasteiger partial charge in [-0.25, -0.2) is 0 Å². The Morgan fingerprint density at radius 2 is 1.71 bits per heavy atom. The van der Waals surface area contributed by atoms with Crippen LogP contribution in [0, 0.1) is 5.92 Å². The fourth-order valence-corrected chi connectivity index (χ4v) is 3.24. The summed E-state index contributed by atoms with van der Waals surface area (Å²) in [5.74, 6) is 2.95. The molecule has 21 heavy (non-hydrogen) atoms. The molecule has 0 aromatic heterocycles. The Morgan fingerprint density at radius 1 is 1.00 bits per heavy atom. The van der Waals surface area contributed by atoms with Gasteiger partial charge >= 0.3 is 0 Å². The largest absolute Gasteiger partial charge is 0.462 e. The van der Waals surface area contributed by atoms with Gasteiger partial charge in [0.15, 0.2) is 0 Å². The Hall–Kier alpha value is -1.24. The van der Waals surface area contributed by atoms with Gasteiger partial charge in [-0.05, 0) is 62.7 Å². The van der Waals surface area contributed by atoms with Gasteiger partial charge in [-0.2, -0.15) is 0 Å². The van der Waals surface area contributed by atoms with E-state index >= 15 is 0 Å². The second-order valence-corrected chi connectivity index (χ2v) is 6.33. The zero-order chi connectivity index (χ0) is 15.1. The first-order valence-electron chi connectivity index (χ1n) is 8.69. The van der Waals surface area contributed by atoms with E-state index < -0.39 is 0 Å². The van der Waals surface area contributed by atoms with Gasteiger partial charge in [0.2, 0.25) is 0 Å². The van der Waals surface area contributed by atoms with Crippen LogP contribution in [0.3, 0.4) is 0 Å². The predicted octanol–water partition coefficient (Wildman–Crippen LogP) is 6.45. The Balaban J connectivity index is 2.09. The zero-order valence-electron chi connectivity index (χ0n) is 14.0. The molecule has 0 radical (unpaired) electrons. The van der Waals surface area contributed by atoms with Crippen molar-refractivity contribution in [1.29, 1.82) is 0 Å². The molecule has 0 atom stereocenters. The average Bonchev–Trinajstić information content (AvgIpc) is 2.50. The van der Waals surface area contributed by atoms with E-state index in [4.69, 9.17) is 4.74 Å². The smallest absolute Gasteiger partial charge is 0.126 e. The van der Waals surface area contributed by atoms with Crippen molar-refractivity contribution < 1.29 is 4.74 Å². The van der Waals surface area contributed by atoms with E-state index in [9.17, 15) is 0 Å². The first kappa shape index (κ1) is 16.1. The van der Waals surface area contributed by atoms with E-state index in [0.29, 0.717) is 5.92 Å². The number of ether oxygens (including phenoxy) is 1. The summed E-state index contributed by atoms with van der Waals surface area (Å²) in [6.07, 6.45) is 18.6. The van der Waals surface area contributed by atoms with Gasteiger partial charge in [0.1, 0.15) is 11.5 Å². The molecule has 0 heterocycles. The molecule has 0 aromatic rings. The van der Waals surface area contributed by atoms with Crippen molar-refractivity contribution in [1.82, 2.24) is 0 Å². The minimum absolute atomic E-state index is 0.674. The summed E-state index contributed by atoms with van der Waals surface area (Å²) in [7, 11) is 0. The van der Waals surface area contributed by atoms with Gasteiger partial charge in [-0.3, -0.25) is 0 Å². The van der Waals surface area contributed by atoms with Crippen LogP contribution in [-0.2, 0) is 4.74 Å². The van der Waals surface area contributed by atoms with Crippen LogP contribution < -0.4 is 0 Å². The van der Waals surface area contributed by atoms with Crippen LogP contribution in [0.1, 0.15) is 72.1 Å². The van der Waals surface area contributed by atoms with Crippen LogP contribution >= 0.6 is 0 Å². The van der Waals surface area contributed by atoms with Crippen molar-refractivity contribution in [3.63, 3.8) is 0 Å². The SMILES string of the molecule is CCCC(CCC)C1=CCCC=C1OC1=CC=C(C)CC1. The molecule has 2 aliphatic carbocycles. The van der Waals surface area contributed by atoms with Crippen molar-refractivity contribution in [2.24, 2.45) is 5.92 Å². The standard InChI is InChI=1S/C20H30O/c1-4-8-17(9-5-2)19-10-6-7-11-20(19)21-18-14-12-16(3)13-15-18/h10-12,14,17H,4-9,13,15H2,1-3H3. The molecule has 0 aliphatic heterocycles. The lowest BCUT2D eigenvalue weighted by molar-refractivity contribution is 0.281. The molecule has 2 aliphatic rings. The van der Waals surface area contributed by atoms with Crippen LogP contribution in [-0.4, -0.2) is 0 Å². The highest BCUT2D eigenvalue weighted by Crippen LogP contribution is 2.34. The summed E-state index contributed by atoms with van der Waals surface area (Å²) in [5, 5.41) is 0. The quantitative estimate of drug-likeness (QED) is 0.522. The van der Waals surface area contributed by atoms with Crippen LogP contribution in [0.2, 0.25) is 0 Å². The molecule has 0 aromatic carbocycles. The number of hydrogen-bond donors (Lipinski definition) is 0. The van der Waals surface area contributed by atoms with Crippen molar-refractivity contribution >= 4 is 0 Å².